The molecule has 1 amide bonds. The Morgan fingerprint density at radius 1 is 1.45 bits per heavy atom. The van der Waals surface area contributed by atoms with E-state index in [1.807, 2.05) is 16.7 Å². The monoisotopic (exact) mass is 325 g/mol. The molecule has 1 aromatic heterocycles. The van der Waals surface area contributed by atoms with Crippen LogP contribution in [0.2, 0.25) is 0 Å². The predicted octanol–water partition coefficient (Wildman–Crippen LogP) is 2.96. The molecule has 0 spiro atoms. The van der Waals surface area contributed by atoms with Crippen LogP contribution in [0.1, 0.15) is 47.9 Å². The highest BCUT2D eigenvalue weighted by atomic mass is 32.2. The van der Waals surface area contributed by atoms with Crippen LogP contribution in [0.4, 0.5) is 0 Å². The molecule has 5 nitrogen and oxygen atoms in total. The van der Waals surface area contributed by atoms with Gasteiger partial charge in [0.25, 0.3) is 5.91 Å². The van der Waals surface area contributed by atoms with Crippen molar-refractivity contribution in [3.8, 4) is 0 Å². The standard InChI is InChI=1S/C16H23NO4S/c1-3-22-12-6-4-5-7-17(9-12)16(20)15-11(2)10-21-13(15)8-14(18)19/h10,12H,3-9H2,1-2H3,(H,18,19). The highest BCUT2D eigenvalue weighted by Gasteiger charge is 2.28. The van der Waals surface area contributed by atoms with Gasteiger partial charge >= 0.3 is 5.97 Å². The fraction of sp³-hybridized carbons (Fsp3) is 0.625. The van der Waals surface area contributed by atoms with E-state index in [1.165, 1.54) is 6.26 Å². The van der Waals surface area contributed by atoms with Crippen LogP contribution in [0.5, 0.6) is 0 Å². The zero-order chi connectivity index (χ0) is 16.1. The summed E-state index contributed by atoms with van der Waals surface area (Å²) in [5.74, 6) is 0.227. The third kappa shape index (κ3) is 4.06. The number of amides is 1. The third-order valence-corrected chi connectivity index (χ3v) is 5.08. The minimum absolute atomic E-state index is 0.0916. The van der Waals surface area contributed by atoms with E-state index in [4.69, 9.17) is 9.52 Å². The van der Waals surface area contributed by atoms with Crippen LogP contribution in [0, 0.1) is 6.92 Å². The number of carboxylic acid groups (broad SMARTS) is 1. The van der Waals surface area contributed by atoms with Crippen molar-refractivity contribution in [2.45, 2.75) is 44.8 Å². The highest BCUT2D eigenvalue weighted by molar-refractivity contribution is 7.99. The maximum Gasteiger partial charge on any atom is 0.311 e. The van der Waals surface area contributed by atoms with Crippen LogP contribution in [-0.4, -0.2) is 46.0 Å². The van der Waals surface area contributed by atoms with Gasteiger partial charge < -0.3 is 14.4 Å². The Balaban J connectivity index is 2.19. The zero-order valence-corrected chi connectivity index (χ0v) is 13.9. The summed E-state index contributed by atoms with van der Waals surface area (Å²) in [6.45, 7) is 5.39. The number of furan rings is 1. The van der Waals surface area contributed by atoms with E-state index in [-0.39, 0.29) is 18.1 Å². The molecule has 1 unspecified atom stereocenters. The number of likely N-dealkylation sites (tertiary alicyclic amines) is 1. The molecule has 0 aromatic carbocycles. The third-order valence-electron chi connectivity index (χ3n) is 3.89. The summed E-state index contributed by atoms with van der Waals surface area (Å²) in [7, 11) is 0. The van der Waals surface area contributed by atoms with Crippen LogP contribution in [0.3, 0.4) is 0 Å². The van der Waals surface area contributed by atoms with Crippen LogP contribution in [-0.2, 0) is 11.2 Å². The quantitative estimate of drug-likeness (QED) is 0.901. The summed E-state index contributed by atoms with van der Waals surface area (Å²) in [4.78, 5) is 25.6. The molecular formula is C16H23NO4S. The molecule has 1 aliphatic heterocycles. The lowest BCUT2D eigenvalue weighted by Gasteiger charge is -2.24. The smallest absolute Gasteiger partial charge is 0.311 e. The minimum Gasteiger partial charge on any atom is -0.481 e. The van der Waals surface area contributed by atoms with Crippen LogP contribution < -0.4 is 0 Å². The van der Waals surface area contributed by atoms with Gasteiger partial charge in [-0.25, -0.2) is 0 Å². The SMILES string of the molecule is CCSC1CCCCN(C(=O)c2c(C)coc2CC(=O)O)C1. The first-order valence-corrected chi connectivity index (χ1v) is 8.77. The van der Waals surface area contributed by atoms with Crippen molar-refractivity contribution in [3.63, 3.8) is 0 Å². The second-order valence-corrected chi connectivity index (χ2v) is 7.19. The summed E-state index contributed by atoms with van der Waals surface area (Å²) in [5, 5.41) is 9.43. The van der Waals surface area contributed by atoms with Gasteiger partial charge in [-0.3, -0.25) is 9.59 Å². The Bertz CT molecular complexity index is 540. The first-order valence-electron chi connectivity index (χ1n) is 7.72. The lowest BCUT2D eigenvalue weighted by Crippen LogP contribution is -2.36. The number of hydrogen-bond acceptors (Lipinski definition) is 4. The second kappa shape index (κ2) is 7.72. The van der Waals surface area contributed by atoms with Gasteiger partial charge in [-0.1, -0.05) is 13.3 Å². The normalized spacial score (nSPS) is 19.0. The number of carboxylic acids is 1. The maximum atomic E-state index is 12.9. The summed E-state index contributed by atoms with van der Waals surface area (Å²) < 4.78 is 5.29. The average Bonchev–Trinajstić information content (AvgIpc) is 2.68. The molecule has 0 saturated carbocycles. The second-order valence-electron chi connectivity index (χ2n) is 5.61. The number of rotatable bonds is 5. The molecule has 1 fully saturated rings. The number of aliphatic carboxylic acids is 1. The van der Waals surface area contributed by atoms with Crippen molar-refractivity contribution in [3.05, 3.63) is 23.2 Å². The van der Waals surface area contributed by atoms with E-state index in [2.05, 4.69) is 6.92 Å². The van der Waals surface area contributed by atoms with Crippen LogP contribution in [0.25, 0.3) is 0 Å². The summed E-state index contributed by atoms with van der Waals surface area (Å²) in [6.07, 6.45) is 4.48. The summed E-state index contributed by atoms with van der Waals surface area (Å²) >= 11 is 1.89. The van der Waals surface area contributed by atoms with Gasteiger partial charge in [0.2, 0.25) is 0 Å². The number of carbonyl (C=O) groups is 2. The average molecular weight is 325 g/mol. The molecule has 22 heavy (non-hydrogen) atoms. The largest absolute Gasteiger partial charge is 0.481 e. The lowest BCUT2D eigenvalue weighted by molar-refractivity contribution is -0.136. The molecule has 0 bridgehead atoms. The van der Waals surface area contributed by atoms with Gasteiger partial charge in [0, 0.05) is 23.9 Å². The first-order chi connectivity index (χ1) is 10.5. The number of carbonyl (C=O) groups excluding carboxylic acids is 1. The molecule has 1 N–H and O–H groups in total. The zero-order valence-electron chi connectivity index (χ0n) is 13.1. The molecule has 1 aliphatic rings. The van der Waals surface area contributed by atoms with E-state index < -0.39 is 5.97 Å². The summed E-state index contributed by atoms with van der Waals surface area (Å²) in [6, 6.07) is 0. The van der Waals surface area contributed by atoms with E-state index in [1.54, 1.807) is 6.92 Å². The van der Waals surface area contributed by atoms with Crippen molar-refractivity contribution in [2.75, 3.05) is 18.8 Å². The molecule has 2 rings (SSSR count). The van der Waals surface area contributed by atoms with Crippen molar-refractivity contribution >= 4 is 23.6 Å². The fourth-order valence-electron chi connectivity index (χ4n) is 2.87. The van der Waals surface area contributed by atoms with Gasteiger partial charge in [0.15, 0.2) is 0 Å². The molecule has 6 heteroatoms. The highest BCUT2D eigenvalue weighted by Crippen LogP contribution is 2.25. The maximum absolute atomic E-state index is 12.9. The molecule has 0 aliphatic carbocycles. The van der Waals surface area contributed by atoms with Crippen LogP contribution in [0.15, 0.2) is 10.7 Å². The Morgan fingerprint density at radius 2 is 2.23 bits per heavy atom. The number of aryl methyl sites for hydroxylation is 1. The minimum atomic E-state index is -0.987. The van der Waals surface area contributed by atoms with Crippen molar-refractivity contribution in [1.29, 1.82) is 0 Å². The molecule has 1 saturated heterocycles. The summed E-state index contributed by atoms with van der Waals surface area (Å²) in [5.41, 5.74) is 1.15. The van der Waals surface area contributed by atoms with E-state index in [9.17, 15) is 9.59 Å². The van der Waals surface area contributed by atoms with Crippen molar-refractivity contribution in [1.82, 2.24) is 4.90 Å². The Hall–Kier alpha value is -1.43. The topological polar surface area (TPSA) is 70.8 Å². The van der Waals surface area contributed by atoms with E-state index in [0.717, 1.165) is 38.1 Å². The van der Waals surface area contributed by atoms with Crippen molar-refractivity contribution < 1.29 is 19.1 Å². The predicted molar refractivity (Wildman–Crippen MR) is 86.5 cm³/mol. The van der Waals surface area contributed by atoms with Gasteiger partial charge in [0.05, 0.1) is 11.8 Å². The molecule has 122 valence electrons. The van der Waals surface area contributed by atoms with E-state index in [0.29, 0.717) is 16.4 Å². The van der Waals surface area contributed by atoms with Gasteiger partial charge in [0.1, 0.15) is 12.2 Å². The lowest BCUT2D eigenvalue weighted by atomic mass is 10.1. The molecule has 1 atom stereocenters. The number of thioether (sulfide) groups is 1. The Kier molecular flexibility index (Phi) is 5.94. The molecule has 1 aromatic rings. The van der Waals surface area contributed by atoms with Gasteiger partial charge in [-0.2, -0.15) is 11.8 Å². The van der Waals surface area contributed by atoms with Gasteiger partial charge in [-0.05, 0) is 25.5 Å². The fourth-order valence-corrected chi connectivity index (χ4v) is 3.96. The first kappa shape index (κ1) is 16.9. The van der Waals surface area contributed by atoms with Crippen LogP contribution >= 0.6 is 11.8 Å². The number of nitrogens with zero attached hydrogens (tertiary/aromatic N) is 1. The number of hydrogen-bond donors (Lipinski definition) is 1. The van der Waals surface area contributed by atoms with E-state index >= 15 is 0 Å². The Morgan fingerprint density at radius 3 is 2.91 bits per heavy atom. The van der Waals surface area contributed by atoms with Crippen molar-refractivity contribution in [2.24, 2.45) is 0 Å². The molecular weight excluding hydrogens is 302 g/mol. The molecule has 0 radical (unpaired) electrons. The van der Waals surface area contributed by atoms with Gasteiger partial charge in [-0.15, -0.1) is 0 Å². The Labute approximate surface area is 135 Å². The molecule has 2 heterocycles.